The highest BCUT2D eigenvalue weighted by Crippen LogP contribution is 2.26. The third-order valence-corrected chi connectivity index (χ3v) is 4.60. The van der Waals surface area contributed by atoms with Crippen LogP contribution in [0.3, 0.4) is 0 Å². The number of hydrogen-bond acceptors (Lipinski definition) is 2. The second kappa shape index (κ2) is 6.93. The maximum atomic E-state index is 12.1. The van der Waals surface area contributed by atoms with E-state index in [1.165, 1.54) is 0 Å². The number of urea groups is 1. The van der Waals surface area contributed by atoms with E-state index in [-0.39, 0.29) is 18.0 Å². The minimum atomic E-state index is -0.770. The molecule has 0 saturated heterocycles. The lowest BCUT2D eigenvalue weighted by atomic mass is 10.1. The van der Waals surface area contributed by atoms with E-state index in [0.29, 0.717) is 19.4 Å². The highest BCUT2D eigenvalue weighted by atomic mass is 79.9. The van der Waals surface area contributed by atoms with Crippen LogP contribution in [0.15, 0.2) is 28.7 Å². The lowest BCUT2D eigenvalue weighted by Gasteiger charge is -2.21. The molecule has 5 nitrogen and oxygen atoms in total. The summed E-state index contributed by atoms with van der Waals surface area (Å²) in [5.74, 6) is -1.10. The second-order valence-corrected chi connectivity index (χ2v) is 6.30. The van der Waals surface area contributed by atoms with Gasteiger partial charge in [-0.25, -0.2) is 4.79 Å². The fraction of sp³-hybridized carbons (Fsp3) is 0.467. The van der Waals surface area contributed by atoms with Crippen molar-refractivity contribution in [3.05, 3.63) is 34.3 Å². The van der Waals surface area contributed by atoms with E-state index in [2.05, 4.69) is 21.2 Å². The number of nitrogens with zero attached hydrogens (tertiary/aromatic N) is 1. The highest BCUT2D eigenvalue weighted by Gasteiger charge is 2.31. The van der Waals surface area contributed by atoms with Crippen molar-refractivity contribution in [2.45, 2.75) is 31.8 Å². The number of carboxylic acids is 1. The third-order valence-electron chi connectivity index (χ3n) is 3.82. The summed E-state index contributed by atoms with van der Waals surface area (Å²) < 4.78 is 0.969. The Morgan fingerprint density at radius 3 is 2.71 bits per heavy atom. The predicted molar refractivity (Wildman–Crippen MR) is 82.9 cm³/mol. The lowest BCUT2D eigenvalue weighted by Crippen LogP contribution is -2.42. The lowest BCUT2D eigenvalue weighted by molar-refractivity contribution is -0.141. The summed E-state index contributed by atoms with van der Waals surface area (Å²) >= 11 is 3.46. The topological polar surface area (TPSA) is 69.6 Å². The Bertz CT molecular complexity index is 535. The smallest absolute Gasteiger partial charge is 0.317 e. The molecule has 0 aliphatic heterocycles. The minimum Gasteiger partial charge on any atom is -0.481 e. The fourth-order valence-electron chi connectivity index (χ4n) is 2.58. The number of aliphatic carboxylic acids is 1. The monoisotopic (exact) mass is 354 g/mol. The highest BCUT2D eigenvalue weighted by molar-refractivity contribution is 9.10. The van der Waals surface area contributed by atoms with E-state index in [4.69, 9.17) is 5.11 Å². The molecular formula is C15H19BrN2O3. The average molecular weight is 355 g/mol. The van der Waals surface area contributed by atoms with Crippen LogP contribution in [0.25, 0.3) is 0 Å². The van der Waals surface area contributed by atoms with Crippen molar-refractivity contribution in [1.82, 2.24) is 10.2 Å². The van der Waals surface area contributed by atoms with Crippen molar-refractivity contribution in [2.24, 2.45) is 5.92 Å². The summed E-state index contributed by atoms with van der Waals surface area (Å²) in [5, 5.41) is 11.9. The normalized spacial score (nSPS) is 21.0. The first kappa shape index (κ1) is 15.8. The largest absolute Gasteiger partial charge is 0.481 e. The number of rotatable bonds is 4. The Morgan fingerprint density at radius 1 is 1.38 bits per heavy atom. The molecule has 1 aromatic rings. The maximum absolute atomic E-state index is 12.1. The molecule has 1 aromatic carbocycles. The van der Waals surface area contributed by atoms with Gasteiger partial charge in [-0.15, -0.1) is 0 Å². The van der Waals surface area contributed by atoms with Gasteiger partial charge in [0.2, 0.25) is 0 Å². The number of benzene rings is 1. The first-order valence-electron chi connectivity index (χ1n) is 6.95. The molecule has 2 atom stereocenters. The predicted octanol–water partition coefficient (Wildman–Crippen LogP) is 2.84. The van der Waals surface area contributed by atoms with Gasteiger partial charge in [-0.05, 0) is 30.9 Å². The van der Waals surface area contributed by atoms with Gasteiger partial charge in [0.1, 0.15) is 0 Å². The molecule has 21 heavy (non-hydrogen) atoms. The molecule has 2 amide bonds. The molecular weight excluding hydrogens is 336 g/mol. The van der Waals surface area contributed by atoms with Crippen LogP contribution in [0.4, 0.5) is 4.79 Å². The zero-order chi connectivity index (χ0) is 15.4. The molecule has 2 rings (SSSR count). The van der Waals surface area contributed by atoms with Crippen LogP contribution in [0, 0.1) is 5.92 Å². The van der Waals surface area contributed by atoms with Crippen molar-refractivity contribution >= 4 is 27.9 Å². The van der Waals surface area contributed by atoms with Gasteiger partial charge in [0, 0.05) is 24.1 Å². The summed E-state index contributed by atoms with van der Waals surface area (Å²) in [6, 6.07) is 7.56. The van der Waals surface area contributed by atoms with Gasteiger partial charge in [0.25, 0.3) is 0 Å². The molecule has 1 saturated carbocycles. The van der Waals surface area contributed by atoms with Crippen LogP contribution in [0.1, 0.15) is 24.8 Å². The van der Waals surface area contributed by atoms with Crippen LogP contribution in [0.5, 0.6) is 0 Å². The molecule has 1 aliphatic rings. The number of halogens is 1. The van der Waals surface area contributed by atoms with E-state index in [1.807, 2.05) is 24.3 Å². The third kappa shape index (κ3) is 4.20. The van der Waals surface area contributed by atoms with Crippen LogP contribution in [0.2, 0.25) is 0 Å². The summed E-state index contributed by atoms with van der Waals surface area (Å²) in [6.45, 7) is 0.502. The summed E-state index contributed by atoms with van der Waals surface area (Å²) in [7, 11) is 1.73. The SMILES string of the molecule is CN(Cc1ccccc1Br)C(=O)N[C@H]1CC[C@@H](C(=O)O)C1. The average Bonchev–Trinajstić information content (AvgIpc) is 2.90. The Kier molecular flexibility index (Phi) is 5.22. The number of carboxylic acid groups (broad SMARTS) is 1. The quantitative estimate of drug-likeness (QED) is 0.873. The molecule has 2 N–H and O–H groups in total. The van der Waals surface area contributed by atoms with Crippen LogP contribution in [-0.4, -0.2) is 35.1 Å². The second-order valence-electron chi connectivity index (χ2n) is 5.44. The first-order valence-corrected chi connectivity index (χ1v) is 7.74. The van der Waals surface area contributed by atoms with E-state index in [0.717, 1.165) is 16.5 Å². The molecule has 1 fully saturated rings. The Balaban J connectivity index is 1.86. The summed E-state index contributed by atoms with van der Waals surface area (Å²) in [4.78, 5) is 24.7. The number of hydrogen-bond donors (Lipinski definition) is 2. The Hall–Kier alpha value is -1.56. The number of amides is 2. The van der Waals surface area contributed by atoms with E-state index >= 15 is 0 Å². The molecule has 0 unspecified atom stereocenters. The van der Waals surface area contributed by atoms with Gasteiger partial charge in [-0.3, -0.25) is 4.79 Å². The first-order chi connectivity index (χ1) is 9.97. The fourth-order valence-corrected chi connectivity index (χ4v) is 2.99. The molecule has 0 heterocycles. The van der Waals surface area contributed by atoms with Gasteiger partial charge in [-0.2, -0.15) is 0 Å². The molecule has 6 heteroatoms. The molecule has 0 bridgehead atoms. The van der Waals surface area contributed by atoms with Gasteiger partial charge in [-0.1, -0.05) is 34.1 Å². The maximum Gasteiger partial charge on any atom is 0.317 e. The molecule has 0 aromatic heterocycles. The van der Waals surface area contributed by atoms with Crippen molar-refractivity contribution in [1.29, 1.82) is 0 Å². The minimum absolute atomic E-state index is 0.0414. The zero-order valence-corrected chi connectivity index (χ0v) is 13.5. The van der Waals surface area contributed by atoms with Crippen LogP contribution >= 0.6 is 15.9 Å². The van der Waals surface area contributed by atoms with Gasteiger partial charge < -0.3 is 15.3 Å². The van der Waals surface area contributed by atoms with Crippen molar-refractivity contribution in [3.8, 4) is 0 Å². The zero-order valence-electron chi connectivity index (χ0n) is 11.9. The summed E-state index contributed by atoms with van der Waals surface area (Å²) in [5.41, 5.74) is 1.03. The van der Waals surface area contributed by atoms with Crippen molar-refractivity contribution in [3.63, 3.8) is 0 Å². The molecule has 0 radical (unpaired) electrons. The molecule has 114 valence electrons. The van der Waals surface area contributed by atoms with Crippen molar-refractivity contribution in [2.75, 3.05) is 7.05 Å². The summed E-state index contributed by atoms with van der Waals surface area (Å²) in [6.07, 6.45) is 1.88. The van der Waals surface area contributed by atoms with E-state index in [9.17, 15) is 9.59 Å². The van der Waals surface area contributed by atoms with Gasteiger partial charge in [0.05, 0.1) is 5.92 Å². The van der Waals surface area contributed by atoms with Crippen molar-refractivity contribution < 1.29 is 14.7 Å². The number of nitrogens with one attached hydrogen (secondary N) is 1. The molecule has 1 aliphatic carbocycles. The van der Waals surface area contributed by atoms with E-state index in [1.54, 1.807) is 11.9 Å². The van der Waals surface area contributed by atoms with Gasteiger partial charge >= 0.3 is 12.0 Å². The Labute approximate surface area is 132 Å². The Morgan fingerprint density at radius 2 is 2.10 bits per heavy atom. The molecule has 0 spiro atoms. The number of carbonyl (C=O) groups is 2. The number of carbonyl (C=O) groups excluding carboxylic acids is 1. The van der Waals surface area contributed by atoms with Crippen LogP contribution in [-0.2, 0) is 11.3 Å². The van der Waals surface area contributed by atoms with Crippen LogP contribution < -0.4 is 5.32 Å². The standard InChI is InChI=1S/C15H19BrN2O3/c1-18(9-11-4-2-3-5-13(11)16)15(21)17-12-7-6-10(8-12)14(19)20/h2-5,10,12H,6-9H2,1H3,(H,17,21)(H,19,20)/t10-,12+/m1/s1. The van der Waals surface area contributed by atoms with Gasteiger partial charge in [0.15, 0.2) is 0 Å². The van der Waals surface area contributed by atoms with E-state index < -0.39 is 5.97 Å².